The average molecular weight is 288 g/mol. The van der Waals surface area contributed by atoms with Crippen molar-refractivity contribution >= 4 is 11.9 Å². The van der Waals surface area contributed by atoms with Crippen molar-refractivity contribution in [3.8, 4) is 0 Å². The summed E-state index contributed by atoms with van der Waals surface area (Å²) in [7, 11) is 0. The van der Waals surface area contributed by atoms with Gasteiger partial charge in [0.1, 0.15) is 0 Å². The molecule has 0 saturated carbocycles. The van der Waals surface area contributed by atoms with Gasteiger partial charge in [0.2, 0.25) is 0 Å². The topological polar surface area (TPSA) is 27.1 Å². The molecule has 2 nitrogen and oxygen atoms in total. The molecule has 0 saturated heterocycles. The molecule has 0 amide bonds. The van der Waals surface area contributed by atoms with Crippen LogP contribution in [0.25, 0.3) is 0 Å². The molecule has 1 aliphatic heterocycles. The summed E-state index contributed by atoms with van der Waals surface area (Å²) in [6.07, 6.45) is 10.5. The summed E-state index contributed by atoms with van der Waals surface area (Å²) in [6.45, 7) is 2.14. The van der Waals surface area contributed by atoms with Gasteiger partial charge < -0.3 is 10.3 Å². The number of aryl methyl sites for hydroxylation is 1. The normalized spacial score (nSPS) is 16.8. The molecule has 0 aliphatic carbocycles. The number of rotatable bonds is 4. The van der Waals surface area contributed by atoms with Crippen LogP contribution in [0.2, 0.25) is 0 Å². The van der Waals surface area contributed by atoms with Crippen LogP contribution in [-0.4, -0.2) is 12.3 Å². The van der Waals surface area contributed by atoms with Crippen LogP contribution in [0.15, 0.2) is 73.0 Å². The molecule has 0 fully saturated rings. The van der Waals surface area contributed by atoms with E-state index in [4.69, 9.17) is 5.41 Å². The summed E-state index contributed by atoms with van der Waals surface area (Å²) < 4.78 is 0. The first-order chi connectivity index (χ1) is 10.8. The number of nitrogens with one attached hydrogen (secondary N) is 1. The maximum atomic E-state index is 7.59. The number of nitrogens with zero attached hydrogens (tertiary/aromatic N) is 1. The van der Waals surface area contributed by atoms with Crippen molar-refractivity contribution in [2.24, 2.45) is 0 Å². The summed E-state index contributed by atoms with van der Waals surface area (Å²) in [5.74, 6) is 0. The van der Waals surface area contributed by atoms with E-state index in [0.29, 0.717) is 0 Å². The van der Waals surface area contributed by atoms with Gasteiger partial charge in [0, 0.05) is 18.1 Å². The average Bonchev–Trinajstić information content (AvgIpc) is 2.56. The molecule has 1 atom stereocenters. The quantitative estimate of drug-likeness (QED) is 0.824. The molecule has 0 aromatic heterocycles. The van der Waals surface area contributed by atoms with Crippen molar-refractivity contribution in [1.29, 1.82) is 5.41 Å². The lowest BCUT2D eigenvalue weighted by atomic mass is 10.0. The van der Waals surface area contributed by atoms with Gasteiger partial charge in [0.05, 0.1) is 6.04 Å². The predicted octanol–water partition coefficient (Wildman–Crippen LogP) is 4.49. The van der Waals surface area contributed by atoms with E-state index in [1.165, 1.54) is 22.9 Å². The first-order valence-electron chi connectivity index (χ1n) is 7.55. The maximum Gasteiger partial charge on any atom is 0.0867 e. The molecule has 3 rings (SSSR count). The first-order valence-corrected chi connectivity index (χ1v) is 7.55. The second-order valence-corrected chi connectivity index (χ2v) is 5.57. The highest BCUT2D eigenvalue weighted by Gasteiger charge is 2.15. The molecule has 1 heterocycles. The lowest BCUT2D eigenvalue weighted by molar-refractivity contribution is 0.964. The Morgan fingerprint density at radius 2 is 1.86 bits per heavy atom. The lowest BCUT2D eigenvalue weighted by Gasteiger charge is -2.29. The van der Waals surface area contributed by atoms with Crippen molar-refractivity contribution in [2.75, 3.05) is 4.90 Å². The minimum absolute atomic E-state index is 0.00340. The van der Waals surface area contributed by atoms with Crippen LogP contribution in [0.4, 0.5) is 5.69 Å². The van der Waals surface area contributed by atoms with Crippen molar-refractivity contribution < 1.29 is 0 Å². The second-order valence-electron chi connectivity index (χ2n) is 5.57. The van der Waals surface area contributed by atoms with Crippen LogP contribution in [0.3, 0.4) is 0 Å². The summed E-state index contributed by atoms with van der Waals surface area (Å²) in [6, 6.07) is 17.1. The van der Waals surface area contributed by atoms with E-state index in [-0.39, 0.29) is 6.04 Å². The predicted molar refractivity (Wildman–Crippen MR) is 93.8 cm³/mol. The zero-order valence-electron chi connectivity index (χ0n) is 12.7. The third kappa shape index (κ3) is 3.01. The largest absolute Gasteiger partial charge is 0.336 e. The minimum Gasteiger partial charge on any atom is -0.336 e. The Morgan fingerprint density at radius 3 is 2.59 bits per heavy atom. The Kier molecular flexibility index (Phi) is 4.19. The van der Waals surface area contributed by atoms with E-state index in [2.05, 4.69) is 54.3 Å². The zero-order valence-corrected chi connectivity index (χ0v) is 12.7. The van der Waals surface area contributed by atoms with E-state index < -0.39 is 0 Å². The van der Waals surface area contributed by atoms with Gasteiger partial charge in [-0.1, -0.05) is 54.6 Å². The van der Waals surface area contributed by atoms with E-state index in [1.54, 1.807) is 0 Å². The van der Waals surface area contributed by atoms with E-state index in [1.807, 2.05) is 30.5 Å². The Morgan fingerprint density at radius 1 is 1.05 bits per heavy atom. The number of anilines is 1. The molecule has 2 aromatic carbocycles. The second kappa shape index (κ2) is 6.44. The summed E-state index contributed by atoms with van der Waals surface area (Å²) >= 11 is 0. The van der Waals surface area contributed by atoms with Crippen LogP contribution >= 0.6 is 0 Å². The van der Waals surface area contributed by atoms with Crippen LogP contribution in [0, 0.1) is 12.3 Å². The standard InChI is InChI=1S/C20H20N2/c1-16-13-18(14-17-7-3-2-4-8-17)10-11-20(16)22-12-6-5-9-19(22)15-21/h2-13,15,19,21H,14H2,1H3. The number of hydrogen-bond acceptors (Lipinski definition) is 2. The highest BCUT2D eigenvalue weighted by atomic mass is 15.1. The van der Waals surface area contributed by atoms with Gasteiger partial charge in [0.25, 0.3) is 0 Å². The van der Waals surface area contributed by atoms with E-state index in [0.717, 1.165) is 12.1 Å². The fraction of sp³-hybridized carbons (Fsp3) is 0.150. The van der Waals surface area contributed by atoms with E-state index in [9.17, 15) is 0 Å². The molecular formula is C20H20N2. The van der Waals surface area contributed by atoms with Crippen molar-refractivity contribution in [3.05, 3.63) is 89.6 Å². The first kappa shape index (κ1) is 14.3. The van der Waals surface area contributed by atoms with Crippen molar-refractivity contribution in [1.82, 2.24) is 0 Å². The molecule has 0 spiro atoms. The minimum atomic E-state index is 0.00340. The smallest absolute Gasteiger partial charge is 0.0867 e. The van der Waals surface area contributed by atoms with Gasteiger partial charge in [-0.2, -0.15) is 0 Å². The van der Waals surface area contributed by atoms with Crippen molar-refractivity contribution in [2.45, 2.75) is 19.4 Å². The third-order valence-electron chi connectivity index (χ3n) is 3.95. The third-order valence-corrected chi connectivity index (χ3v) is 3.95. The fourth-order valence-electron chi connectivity index (χ4n) is 2.84. The van der Waals surface area contributed by atoms with Gasteiger partial charge in [-0.15, -0.1) is 0 Å². The number of allylic oxidation sites excluding steroid dienone is 2. The molecule has 1 N–H and O–H groups in total. The molecule has 2 heteroatoms. The highest BCUT2D eigenvalue weighted by molar-refractivity contribution is 5.74. The van der Waals surface area contributed by atoms with Gasteiger partial charge in [0.15, 0.2) is 0 Å². The van der Waals surface area contributed by atoms with Gasteiger partial charge >= 0.3 is 0 Å². The molecule has 110 valence electrons. The molecule has 1 aliphatic rings. The molecule has 22 heavy (non-hydrogen) atoms. The van der Waals surface area contributed by atoms with Gasteiger partial charge in [-0.05, 0) is 42.2 Å². The number of benzene rings is 2. The maximum absolute atomic E-state index is 7.59. The van der Waals surface area contributed by atoms with Crippen LogP contribution < -0.4 is 4.90 Å². The Bertz CT molecular complexity index is 714. The van der Waals surface area contributed by atoms with Crippen molar-refractivity contribution in [3.63, 3.8) is 0 Å². The molecule has 0 bridgehead atoms. The Labute approximate surface area is 131 Å². The molecule has 0 radical (unpaired) electrons. The monoisotopic (exact) mass is 288 g/mol. The molecular weight excluding hydrogens is 268 g/mol. The Hall–Kier alpha value is -2.61. The highest BCUT2D eigenvalue weighted by Crippen LogP contribution is 2.26. The van der Waals surface area contributed by atoms with Gasteiger partial charge in [-0.25, -0.2) is 0 Å². The van der Waals surface area contributed by atoms with E-state index >= 15 is 0 Å². The zero-order chi connectivity index (χ0) is 15.4. The summed E-state index contributed by atoms with van der Waals surface area (Å²) in [4.78, 5) is 2.13. The molecule has 1 unspecified atom stereocenters. The van der Waals surface area contributed by atoms with Crippen LogP contribution in [0.5, 0.6) is 0 Å². The number of hydrogen-bond donors (Lipinski definition) is 1. The lowest BCUT2D eigenvalue weighted by Crippen LogP contribution is -2.31. The van der Waals surface area contributed by atoms with Crippen LogP contribution in [-0.2, 0) is 6.42 Å². The SMILES string of the molecule is Cc1cc(Cc2ccccc2)ccc1N1C=CC=CC1C=N. The summed E-state index contributed by atoms with van der Waals surface area (Å²) in [5.41, 5.74) is 5.04. The Balaban J connectivity index is 1.85. The molecule has 2 aromatic rings. The summed E-state index contributed by atoms with van der Waals surface area (Å²) in [5, 5.41) is 7.59. The van der Waals surface area contributed by atoms with Crippen LogP contribution in [0.1, 0.15) is 16.7 Å². The fourth-order valence-corrected chi connectivity index (χ4v) is 2.84. The van der Waals surface area contributed by atoms with Gasteiger partial charge in [-0.3, -0.25) is 0 Å².